The molecule has 0 spiro atoms. The van der Waals surface area contributed by atoms with Crippen molar-refractivity contribution in [1.82, 2.24) is 15.1 Å². The third-order valence-corrected chi connectivity index (χ3v) is 5.48. The standard InChI is InChI=1S/C24H33N5O3/c1-27(2)23(30)18-26-24(25-17-19-5-9-21(31-3)10-6-19)29-15-13-28(14-16-29)20-7-11-22(32-4)12-8-20/h5-12H,13-18H2,1-4H3,(H,25,26). The van der Waals surface area contributed by atoms with Gasteiger partial charge in [0.1, 0.15) is 11.5 Å². The van der Waals surface area contributed by atoms with E-state index in [1.807, 2.05) is 36.4 Å². The number of amides is 1. The van der Waals surface area contributed by atoms with Gasteiger partial charge in [0, 0.05) is 46.0 Å². The molecule has 1 aliphatic rings. The molecule has 0 atom stereocenters. The van der Waals surface area contributed by atoms with Crippen LogP contribution in [0.15, 0.2) is 53.5 Å². The highest BCUT2D eigenvalue weighted by Gasteiger charge is 2.21. The van der Waals surface area contributed by atoms with Crippen LogP contribution in [0.4, 0.5) is 5.69 Å². The van der Waals surface area contributed by atoms with Gasteiger partial charge in [-0.3, -0.25) is 4.79 Å². The Kier molecular flexibility index (Phi) is 8.19. The summed E-state index contributed by atoms with van der Waals surface area (Å²) in [5, 5.41) is 3.26. The first-order valence-electron chi connectivity index (χ1n) is 10.8. The molecule has 0 aliphatic carbocycles. The fourth-order valence-electron chi connectivity index (χ4n) is 3.45. The summed E-state index contributed by atoms with van der Waals surface area (Å²) >= 11 is 0. The molecule has 1 N–H and O–H groups in total. The number of guanidine groups is 1. The number of likely N-dealkylation sites (N-methyl/N-ethyl adjacent to an activating group) is 1. The zero-order valence-corrected chi connectivity index (χ0v) is 19.4. The molecule has 8 nitrogen and oxygen atoms in total. The Morgan fingerprint density at radius 2 is 1.50 bits per heavy atom. The number of nitrogens with zero attached hydrogens (tertiary/aromatic N) is 4. The Morgan fingerprint density at radius 3 is 2.03 bits per heavy atom. The van der Waals surface area contributed by atoms with Crippen molar-refractivity contribution >= 4 is 17.6 Å². The molecule has 172 valence electrons. The van der Waals surface area contributed by atoms with Gasteiger partial charge in [-0.05, 0) is 42.0 Å². The Hall–Kier alpha value is -3.42. The predicted molar refractivity (Wildman–Crippen MR) is 128 cm³/mol. The van der Waals surface area contributed by atoms with Crippen molar-refractivity contribution in [3.8, 4) is 11.5 Å². The number of rotatable bonds is 7. The molecule has 0 unspecified atom stereocenters. The average Bonchev–Trinajstić information content (AvgIpc) is 2.84. The van der Waals surface area contributed by atoms with Crippen molar-refractivity contribution in [2.45, 2.75) is 6.54 Å². The molecule has 32 heavy (non-hydrogen) atoms. The monoisotopic (exact) mass is 439 g/mol. The van der Waals surface area contributed by atoms with Crippen LogP contribution in [0, 0.1) is 0 Å². The lowest BCUT2D eigenvalue weighted by atomic mass is 10.2. The maximum atomic E-state index is 12.1. The van der Waals surface area contributed by atoms with E-state index in [1.165, 1.54) is 5.69 Å². The summed E-state index contributed by atoms with van der Waals surface area (Å²) in [7, 11) is 6.84. The van der Waals surface area contributed by atoms with Crippen LogP contribution < -0.4 is 19.7 Å². The highest BCUT2D eigenvalue weighted by atomic mass is 16.5. The number of methoxy groups -OCH3 is 2. The van der Waals surface area contributed by atoms with Crippen LogP contribution in [-0.4, -0.2) is 82.7 Å². The van der Waals surface area contributed by atoms with Gasteiger partial charge in [0.25, 0.3) is 0 Å². The van der Waals surface area contributed by atoms with Gasteiger partial charge in [-0.1, -0.05) is 12.1 Å². The van der Waals surface area contributed by atoms with Gasteiger partial charge in [0.05, 0.1) is 27.3 Å². The highest BCUT2D eigenvalue weighted by molar-refractivity contribution is 5.86. The van der Waals surface area contributed by atoms with E-state index >= 15 is 0 Å². The second-order valence-electron chi connectivity index (χ2n) is 7.80. The number of hydrogen-bond donors (Lipinski definition) is 1. The summed E-state index contributed by atoms with van der Waals surface area (Å²) in [4.78, 5) is 23.1. The van der Waals surface area contributed by atoms with Gasteiger partial charge in [-0.25, -0.2) is 4.99 Å². The number of ether oxygens (including phenoxy) is 2. The van der Waals surface area contributed by atoms with Crippen molar-refractivity contribution < 1.29 is 14.3 Å². The Labute approximate surface area is 190 Å². The first-order valence-corrected chi connectivity index (χ1v) is 10.8. The molecule has 0 saturated carbocycles. The minimum atomic E-state index is 0.0130. The molecular formula is C24H33N5O3. The summed E-state index contributed by atoms with van der Waals surface area (Å²) in [5.41, 5.74) is 2.26. The lowest BCUT2D eigenvalue weighted by Gasteiger charge is -2.37. The summed E-state index contributed by atoms with van der Waals surface area (Å²) in [5.74, 6) is 2.45. The molecule has 1 fully saturated rings. The van der Waals surface area contributed by atoms with Gasteiger partial charge in [0.15, 0.2) is 5.96 Å². The van der Waals surface area contributed by atoms with Crippen molar-refractivity contribution in [2.24, 2.45) is 4.99 Å². The van der Waals surface area contributed by atoms with Crippen molar-refractivity contribution in [3.63, 3.8) is 0 Å². The van der Waals surface area contributed by atoms with E-state index in [0.29, 0.717) is 6.54 Å². The normalized spacial score (nSPS) is 14.2. The predicted octanol–water partition coefficient (Wildman–Crippen LogP) is 2.06. The quantitative estimate of drug-likeness (QED) is 0.526. The van der Waals surface area contributed by atoms with E-state index in [2.05, 4.69) is 27.2 Å². The lowest BCUT2D eigenvalue weighted by Crippen LogP contribution is -2.53. The molecule has 0 bridgehead atoms. The molecule has 2 aromatic carbocycles. The van der Waals surface area contributed by atoms with Crippen molar-refractivity contribution in [2.75, 3.05) is 65.9 Å². The fourth-order valence-corrected chi connectivity index (χ4v) is 3.45. The van der Waals surface area contributed by atoms with E-state index in [4.69, 9.17) is 14.5 Å². The Bertz CT molecular complexity index is 889. The number of carbonyl (C=O) groups is 1. The Balaban J connectivity index is 1.66. The van der Waals surface area contributed by atoms with E-state index in [9.17, 15) is 4.79 Å². The molecule has 1 heterocycles. The number of piperazine rings is 1. The number of nitrogens with one attached hydrogen (secondary N) is 1. The summed E-state index contributed by atoms with van der Waals surface area (Å²) in [6.07, 6.45) is 0. The third kappa shape index (κ3) is 6.29. The van der Waals surface area contributed by atoms with Gasteiger partial charge in [0.2, 0.25) is 5.91 Å². The van der Waals surface area contributed by atoms with E-state index < -0.39 is 0 Å². The maximum Gasteiger partial charge on any atom is 0.241 e. The topological polar surface area (TPSA) is 69.6 Å². The maximum absolute atomic E-state index is 12.1. The number of hydrogen-bond acceptors (Lipinski definition) is 5. The molecule has 1 amide bonds. The lowest BCUT2D eigenvalue weighted by molar-refractivity contribution is -0.127. The van der Waals surface area contributed by atoms with E-state index in [1.54, 1.807) is 33.2 Å². The van der Waals surface area contributed by atoms with Crippen LogP contribution in [0.5, 0.6) is 11.5 Å². The second kappa shape index (κ2) is 11.3. The molecular weight excluding hydrogens is 406 g/mol. The van der Waals surface area contributed by atoms with Crippen molar-refractivity contribution in [3.05, 3.63) is 54.1 Å². The Morgan fingerprint density at radius 1 is 0.938 bits per heavy atom. The van der Waals surface area contributed by atoms with Crippen LogP contribution in [0.2, 0.25) is 0 Å². The molecule has 8 heteroatoms. The highest BCUT2D eigenvalue weighted by Crippen LogP contribution is 2.20. The summed E-state index contributed by atoms with van der Waals surface area (Å²) < 4.78 is 10.5. The van der Waals surface area contributed by atoms with Crippen LogP contribution in [0.1, 0.15) is 5.56 Å². The molecule has 1 aliphatic heterocycles. The molecule has 0 radical (unpaired) electrons. The second-order valence-corrected chi connectivity index (χ2v) is 7.80. The first-order chi connectivity index (χ1) is 15.5. The van der Waals surface area contributed by atoms with Crippen LogP contribution >= 0.6 is 0 Å². The number of benzene rings is 2. The van der Waals surface area contributed by atoms with Crippen LogP contribution in [-0.2, 0) is 11.3 Å². The number of anilines is 1. The fraction of sp³-hybridized carbons (Fsp3) is 0.417. The summed E-state index contributed by atoms with van der Waals surface area (Å²) in [6, 6.07) is 16.0. The van der Waals surface area contributed by atoms with Crippen LogP contribution in [0.25, 0.3) is 0 Å². The number of carbonyl (C=O) groups excluding carboxylic acids is 1. The SMILES string of the molecule is COc1ccc(CN=C(NCC(=O)N(C)C)N2CCN(c3ccc(OC)cc3)CC2)cc1. The molecule has 2 aromatic rings. The van der Waals surface area contributed by atoms with Crippen LogP contribution in [0.3, 0.4) is 0 Å². The van der Waals surface area contributed by atoms with Crippen molar-refractivity contribution in [1.29, 1.82) is 0 Å². The zero-order chi connectivity index (χ0) is 22.9. The molecule has 3 rings (SSSR count). The van der Waals surface area contributed by atoms with E-state index in [-0.39, 0.29) is 12.5 Å². The van der Waals surface area contributed by atoms with Gasteiger partial charge >= 0.3 is 0 Å². The third-order valence-electron chi connectivity index (χ3n) is 5.48. The summed E-state index contributed by atoms with van der Waals surface area (Å²) in [6.45, 7) is 4.12. The molecule has 0 aromatic heterocycles. The minimum absolute atomic E-state index is 0.0130. The van der Waals surface area contributed by atoms with Gasteiger partial charge in [-0.2, -0.15) is 0 Å². The molecule has 1 saturated heterocycles. The minimum Gasteiger partial charge on any atom is -0.497 e. The number of aliphatic imine (C=N–C) groups is 1. The largest absolute Gasteiger partial charge is 0.497 e. The smallest absolute Gasteiger partial charge is 0.241 e. The zero-order valence-electron chi connectivity index (χ0n) is 19.4. The van der Waals surface area contributed by atoms with E-state index in [0.717, 1.165) is 49.2 Å². The van der Waals surface area contributed by atoms with Gasteiger partial charge in [-0.15, -0.1) is 0 Å². The first kappa shape index (κ1) is 23.2. The average molecular weight is 440 g/mol. The van der Waals surface area contributed by atoms with Gasteiger partial charge < -0.3 is 29.5 Å².